The molecule has 2 aliphatic rings. The Morgan fingerprint density at radius 1 is 0.766 bits per heavy atom. The number of rotatable bonds is 26. The van der Waals surface area contributed by atoms with E-state index in [4.69, 9.17) is 14.6 Å². The number of carboxylic acids is 1. The summed E-state index contributed by atoms with van der Waals surface area (Å²) in [6.45, 7) is 5.59. The van der Waals surface area contributed by atoms with Crippen molar-refractivity contribution < 1.29 is 67.7 Å². The van der Waals surface area contributed by atoms with Crippen molar-refractivity contribution in [3.8, 4) is 0 Å². The third kappa shape index (κ3) is 14.0. The van der Waals surface area contributed by atoms with Crippen molar-refractivity contribution in [3.63, 3.8) is 0 Å². The Kier molecular flexibility index (Phi) is 18.4. The molecule has 1 amide bonds. The zero-order chi connectivity index (χ0) is 47.3. The van der Waals surface area contributed by atoms with E-state index in [1.165, 1.54) is 19.2 Å². The largest absolute Gasteiger partial charge is 0.481 e. The lowest BCUT2D eigenvalue weighted by atomic mass is 9.75. The van der Waals surface area contributed by atoms with Crippen molar-refractivity contribution in [2.45, 2.75) is 80.9 Å². The molecule has 0 saturated carbocycles. The summed E-state index contributed by atoms with van der Waals surface area (Å²) in [5.41, 5.74) is 2.96. The maximum Gasteiger partial charge on any atom is 0.303 e. The predicted octanol–water partition coefficient (Wildman–Crippen LogP) is 5.62. The molecule has 2 aromatic rings. The van der Waals surface area contributed by atoms with Crippen LogP contribution in [-0.4, -0.2) is 125 Å². The van der Waals surface area contributed by atoms with Crippen molar-refractivity contribution in [1.82, 2.24) is 5.32 Å². The molecule has 0 spiro atoms. The first-order valence-electron chi connectivity index (χ1n) is 20.8. The number of carbonyl (C=O) groups excluding carboxylic acids is 1. The number of nitrogens with zero attached hydrogens (tertiary/aromatic N) is 2. The monoisotopic (exact) mass is 950 g/mol. The minimum atomic E-state index is -4.57. The van der Waals surface area contributed by atoms with Gasteiger partial charge in [-0.15, -0.1) is 0 Å². The Balaban J connectivity index is 1.73. The van der Waals surface area contributed by atoms with E-state index in [1.807, 2.05) is 43.0 Å². The van der Waals surface area contributed by atoms with E-state index in [-0.39, 0.29) is 36.5 Å². The molecular weight excluding hydrogens is 891 g/mol. The van der Waals surface area contributed by atoms with Gasteiger partial charge >= 0.3 is 5.97 Å². The van der Waals surface area contributed by atoms with Gasteiger partial charge in [0, 0.05) is 80.2 Å². The number of carboxylic acid groups (broad SMARTS) is 1. The lowest BCUT2D eigenvalue weighted by molar-refractivity contribution is -0.438. The number of aliphatic carboxylic acids is 1. The van der Waals surface area contributed by atoms with Crippen LogP contribution >= 0.6 is 0 Å². The molecule has 2 atom stereocenters. The summed E-state index contributed by atoms with van der Waals surface area (Å²) >= 11 is 0. The number of anilines is 1. The Morgan fingerprint density at radius 3 is 2.03 bits per heavy atom. The summed E-state index contributed by atoms with van der Waals surface area (Å²) in [6, 6.07) is 9.62. The van der Waals surface area contributed by atoms with E-state index < -0.39 is 58.7 Å². The summed E-state index contributed by atoms with van der Waals surface area (Å²) in [4.78, 5) is 26.0. The standard InChI is InChI=1S/C44H59N3O14S3/c1-43(22-13-29-62(51,52)53)35-31-33(42(50)45-24-27-60-3)18-20-37(35)46(25-12-8-11-17-41(48)49)39(43)15-9-6-5-7-10-16-40-44(2,23-14-30-63(54,55)56)36-32-34(64(57,58)59)19-21-38(36)47(40)26-28-61-4/h5-7,9-10,15-16,18-21,31-32H,8,11-14,17,22-30H2,1-4H3,(H4-,45,48,49,50,51,52,53,54,55,56,57,58,59)/p+1. The highest BCUT2D eigenvalue weighted by atomic mass is 32.2. The Morgan fingerprint density at radius 2 is 1.41 bits per heavy atom. The molecule has 4 rings (SSSR count). The summed E-state index contributed by atoms with van der Waals surface area (Å²) in [7, 11) is -10.0. The molecule has 64 heavy (non-hydrogen) atoms. The molecule has 0 aliphatic carbocycles. The van der Waals surface area contributed by atoms with Gasteiger partial charge in [0.25, 0.3) is 36.3 Å². The molecule has 0 saturated heterocycles. The van der Waals surface area contributed by atoms with Crippen molar-refractivity contribution >= 4 is 59.3 Å². The number of amides is 1. The zero-order valence-electron chi connectivity index (χ0n) is 36.6. The molecule has 0 radical (unpaired) electrons. The number of unbranched alkanes of at least 4 members (excludes halogenated alkanes) is 2. The van der Waals surface area contributed by atoms with Gasteiger partial charge in [0.1, 0.15) is 6.54 Å². The van der Waals surface area contributed by atoms with E-state index in [0.717, 1.165) is 17.0 Å². The van der Waals surface area contributed by atoms with Crippen molar-refractivity contribution in [1.29, 1.82) is 0 Å². The van der Waals surface area contributed by atoms with Crippen LogP contribution in [0.3, 0.4) is 0 Å². The van der Waals surface area contributed by atoms with Gasteiger partial charge in [-0.05, 0) is 94.3 Å². The fourth-order valence-electron chi connectivity index (χ4n) is 8.37. The van der Waals surface area contributed by atoms with Crippen LogP contribution in [0.2, 0.25) is 0 Å². The van der Waals surface area contributed by atoms with Crippen molar-refractivity contribution in [2.24, 2.45) is 0 Å². The highest BCUT2D eigenvalue weighted by Crippen LogP contribution is 2.51. The van der Waals surface area contributed by atoms with Gasteiger partial charge in [-0.1, -0.05) is 30.4 Å². The van der Waals surface area contributed by atoms with Gasteiger partial charge < -0.3 is 24.8 Å². The highest BCUT2D eigenvalue weighted by Gasteiger charge is 2.48. The molecular formula is C44H60N3O14S3+. The Hall–Kier alpha value is -4.54. The SMILES string of the molecule is COCCNC(=O)c1ccc2c(c1)C(C)(CCCS(=O)(=O)O)C(C=CC=CC=CC=C1N(CCOC)c3ccc(S(=O)(=O)O)cc3C1(C)CCCS(=O)(=O)O)=[N+]2CCCCCC(=O)O. The third-order valence-electron chi connectivity index (χ3n) is 11.5. The van der Waals surface area contributed by atoms with Gasteiger partial charge in [0.2, 0.25) is 5.69 Å². The first kappa shape index (κ1) is 52.1. The molecule has 0 fully saturated rings. The second-order valence-corrected chi connectivity index (χ2v) is 20.7. The number of hydrogen-bond acceptors (Lipinski definition) is 11. The third-order valence-corrected chi connectivity index (χ3v) is 14.0. The number of nitrogens with one attached hydrogen (secondary N) is 1. The number of benzene rings is 2. The zero-order valence-corrected chi connectivity index (χ0v) is 39.1. The van der Waals surface area contributed by atoms with Crippen LogP contribution in [0.1, 0.15) is 86.7 Å². The van der Waals surface area contributed by atoms with Crippen LogP contribution in [0.5, 0.6) is 0 Å². The van der Waals surface area contributed by atoms with Gasteiger partial charge in [-0.3, -0.25) is 23.2 Å². The van der Waals surface area contributed by atoms with Crippen LogP contribution in [0.25, 0.3) is 0 Å². The maximum atomic E-state index is 13.2. The van der Waals surface area contributed by atoms with E-state index in [2.05, 4.69) is 9.89 Å². The molecule has 2 aliphatic heterocycles. The van der Waals surface area contributed by atoms with Crippen molar-refractivity contribution in [2.75, 3.05) is 63.5 Å². The van der Waals surface area contributed by atoms with Crippen LogP contribution in [-0.2, 0) is 55.5 Å². The smallest absolute Gasteiger partial charge is 0.303 e. The average Bonchev–Trinajstić information content (AvgIpc) is 3.57. The molecule has 2 heterocycles. The molecule has 352 valence electrons. The predicted molar refractivity (Wildman–Crippen MR) is 244 cm³/mol. The number of hydrogen-bond donors (Lipinski definition) is 5. The van der Waals surface area contributed by atoms with Gasteiger partial charge in [0.15, 0.2) is 5.71 Å². The number of fused-ring (bicyclic) bond motifs is 2. The minimum absolute atomic E-state index is 0.0390. The van der Waals surface area contributed by atoms with Crippen LogP contribution in [0, 0.1) is 0 Å². The van der Waals surface area contributed by atoms with Crippen LogP contribution in [0.15, 0.2) is 89.5 Å². The topological polar surface area (TPSA) is 254 Å². The molecule has 2 aromatic carbocycles. The summed E-state index contributed by atoms with van der Waals surface area (Å²) in [5.74, 6) is -2.16. The molecule has 5 N–H and O–H groups in total. The van der Waals surface area contributed by atoms with Crippen molar-refractivity contribution in [3.05, 3.63) is 101 Å². The summed E-state index contributed by atoms with van der Waals surface area (Å²) in [6.07, 6.45) is 15.2. The second kappa shape index (κ2) is 22.6. The lowest BCUT2D eigenvalue weighted by Gasteiger charge is -2.30. The van der Waals surface area contributed by atoms with E-state index in [9.17, 15) is 48.5 Å². The second-order valence-electron chi connectivity index (χ2n) is 16.1. The quantitative estimate of drug-likeness (QED) is 0.0332. The molecule has 0 bridgehead atoms. The molecule has 0 aromatic heterocycles. The van der Waals surface area contributed by atoms with Crippen LogP contribution in [0.4, 0.5) is 11.4 Å². The first-order valence-corrected chi connectivity index (χ1v) is 25.5. The number of methoxy groups -OCH3 is 2. The average molecular weight is 951 g/mol. The summed E-state index contributed by atoms with van der Waals surface area (Å²) < 4.78 is 113. The lowest BCUT2D eigenvalue weighted by Crippen LogP contribution is -2.32. The van der Waals surface area contributed by atoms with Gasteiger partial charge in [-0.25, -0.2) is 0 Å². The van der Waals surface area contributed by atoms with E-state index >= 15 is 0 Å². The Labute approximate surface area is 376 Å². The van der Waals surface area contributed by atoms with E-state index in [0.29, 0.717) is 81.0 Å². The number of ether oxygens (including phenoxy) is 2. The fourth-order valence-corrected chi connectivity index (χ4v) is 9.90. The number of allylic oxidation sites excluding steroid dienone is 8. The fraction of sp³-hybridized carbons (Fsp3) is 0.477. The van der Waals surface area contributed by atoms with E-state index in [1.54, 1.807) is 49.6 Å². The maximum absolute atomic E-state index is 13.2. The van der Waals surface area contributed by atoms with Gasteiger partial charge in [-0.2, -0.15) is 29.8 Å². The minimum Gasteiger partial charge on any atom is -0.481 e. The molecule has 2 unspecified atom stereocenters. The number of carbonyl (C=O) groups is 2. The summed E-state index contributed by atoms with van der Waals surface area (Å²) in [5, 5.41) is 12.0. The molecule has 20 heteroatoms. The van der Waals surface area contributed by atoms with Gasteiger partial charge in [0.05, 0.1) is 35.0 Å². The Bertz CT molecular complexity index is 2510. The normalized spacial score (nSPS) is 19.7. The van der Waals surface area contributed by atoms with Crippen LogP contribution < -0.4 is 10.2 Å². The first-order chi connectivity index (χ1) is 30.1. The molecule has 17 nitrogen and oxygen atoms in total. The highest BCUT2D eigenvalue weighted by molar-refractivity contribution is 7.86.